The van der Waals surface area contributed by atoms with E-state index in [2.05, 4.69) is 10.0 Å². The van der Waals surface area contributed by atoms with Gasteiger partial charge in [0, 0.05) is 22.9 Å². The summed E-state index contributed by atoms with van der Waals surface area (Å²) in [4.78, 5) is 2.41. The molecule has 5 atom stereocenters. The van der Waals surface area contributed by atoms with Gasteiger partial charge >= 0.3 is 0 Å². The molecule has 0 saturated heterocycles. The zero-order valence-electron chi connectivity index (χ0n) is 7.65. The van der Waals surface area contributed by atoms with E-state index < -0.39 is 29.8 Å². The van der Waals surface area contributed by atoms with Gasteiger partial charge in [0.15, 0.2) is 0 Å². The molecule has 1 rings (SSSR count). The molecule has 0 aromatic rings. The highest BCUT2D eigenvalue weighted by molar-refractivity contribution is 5.09. The molecular weight excluding hydrogens is 190 g/mol. The summed E-state index contributed by atoms with van der Waals surface area (Å²) in [6.45, 7) is 1.07. The number of aliphatic hydroxyl groups is 4. The van der Waals surface area contributed by atoms with Crippen molar-refractivity contribution in [3.8, 4) is 0 Å². The lowest BCUT2D eigenvalue weighted by Crippen LogP contribution is -2.68. The molecular formula is C7H13N3O4. The largest absolute Gasteiger partial charge is 0.396 e. The van der Waals surface area contributed by atoms with Gasteiger partial charge in [-0.05, 0) is 5.53 Å². The Morgan fingerprint density at radius 1 is 1.57 bits per heavy atom. The van der Waals surface area contributed by atoms with Gasteiger partial charge in [-0.1, -0.05) is 12.0 Å². The van der Waals surface area contributed by atoms with E-state index in [1.54, 1.807) is 0 Å². The fraction of sp³-hybridized carbons (Fsp3) is 1.00. The highest BCUT2D eigenvalue weighted by atomic mass is 16.3. The van der Waals surface area contributed by atoms with Crippen molar-refractivity contribution in [2.75, 3.05) is 6.61 Å². The predicted octanol–water partition coefficient (Wildman–Crippen LogP) is -1.03. The van der Waals surface area contributed by atoms with Crippen molar-refractivity contribution in [3.63, 3.8) is 0 Å². The molecule has 2 unspecified atom stereocenters. The van der Waals surface area contributed by atoms with Gasteiger partial charge in [0.25, 0.3) is 0 Å². The molecule has 0 aliphatic heterocycles. The van der Waals surface area contributed by atoms with Crippen LogP contribution in [0.5, 0.6) is 0 Å². The summed E-state index contributed by atoms with van der Waals surface area (Å²) in [5.41, 5.74) is 6.94. The summed E-state index contributed by atoms with van der Waals surface area (Å²) in [5, 5.41) is 40.1. The second kappa shape index (κ2) is 3.72. The molecule has 0 spiro atoms. The highest BCUT2D eigenvalue weighted by Gasteiger charge is 2.61. The molecule has 0 aromatic carbocycles. The van der Waals surface area contributed by atoms with E-state index in [1.807, 2.05) is 0 Å². The fourth-order valence-electron chi connectivity index (χ4n) is 1.88. The summed E-state index contributed by atoms with van der Waals surface area (Å²) in [6.07, 6.45) is -3.74. The average Bonchev–Trinajstić information content (AvgIpc) is 2.17. The van der Waals surface area contributed by atoms with Crippen molar-refractivity contribution in [2.45, 2.75) is 25.4 Å². The SMILES string of the molecule is C[C@]1([C@H](O)N=[N+]=[N-])C(O)[C@H](O)C1CO. The van der Waals surface area contributed by atoms with E-state index >= 15 is 0 Å². The number of hydrogen-bond donors (Lipinski definition) is 4. The van der Waals surface area contributed by atoms with Gasteiger partial charge in [-0.15, -0.1) is 0 Å². The molecule has 7 nitrogen and oxygen atoms in total. The average molecular weight is 203 g/mol. The third-order valence-corrected chi connectivity index (χ3v) is 3.09. The van der Waals surface area contributed by atoms with Crippen LogP contribution in [0.2, 0.25) is 0 Å². The number of rotatable bonds is 3. The minimum Gasteiger partial charge on any atom is -0.396 e. The van der Waals surface area contributed by atoms with Gasteiger partial charge in [0.05, 0.1) is 12.2 Å². The van der Waals surface area contributed by atoms with Crippen molar-refractivity contribution >= 4 is 0 Å². The Morgan fingerprint density at radius 3 is 2.57 bits per heavy atom. The second-order valence-corrected chi connectivity index (χ2v) is 3.67. The lowest BCUT2D eigenvalue weighted by Gasteiger charge is -2.55. The Labute approximate surface area is 80.2 Å². The lowest BCUT2D eigenvalue weighted by atomic mass is 9.56. The van der Waals surface area contributed by atoms with Crippen LogP contribution in [0.15, 0.2) is 5.11 Å². The van der Waals surface area contributed by atoms with Crippen molar-refractivity contribution < 1.29 is 20.4 Å². The van der Waals surface area contributed by atoms with Gasteiger partial charge in [-0.3, -0.25) is 0 Å². The molecule has 0 aromatic heterocycles. The van der Waals surface area contributed by atoms with Crippen LogP contribution >= 0.6 is 0 Å². The fourth-order valence-corrected chi connectivity index (χ4v) is 1.88. The monoisotopic (exact) mass is 203 g/mol. The summed E-state index contributed by atoms with van der Waals surface area (Å²) in [6, 6.07) is 0. The molecule has 0 bridgehead atoms. The topological polar surface area (TPSA) is 130 Å². The highest BCUT2D eigenvalue weighted by Crippen LogP contribution is 2.49. The van der Waals surface area contributed by atoms with Crippen molar-refractivity contribution in [1.82, 2.24) is 0 Å². The van der Waals surface area contributed by atoms with Gasteiger partial charge in [-0.2, -0.15) is 0 Å². The zero-order chi connectivity index (χ0) is 10.9. The number of nitrogens with zero attached hydrogens (tertiary/aromatic N) is 3. The van der Waals surface area contributed by atoms with E-state index in [1.165, 1.54) is 6.92 Å². The maximum absolute atomic E-state index is 9.43. The summed E-state index contributed by atoms with van der Waals surface area (Å²) in [5.74, 6) is -0.682. The van der Waals surface area contributed by atoms with Crippen molar-refractivity contribution in [3.05, 3.63) is 10.4 Å². The molecule has 0 amide bonds. The van der Waals surface area contributed by atoms with Crippen LogP contribution < -0.4 is 0 Å². The molecule has 1 fully saturated rings. The number of hydrogen-bond acceptors (Lipinski definition) is 5. The van der Waals surface area contributed by atoms with E-state index in [0.717, 1.165) is 0 Å². The first-order chi connectivity index (χ1) is 6.50. The normalized spacial score (nSPS) is 43.6. The van der Waals surface area contributed by atoms with Crippen molar-refractivity contribution in [1.29, 1.82) is 0 Å². The quantitative estimate of drug-likeness (QED) is 0.265. The van der Waals surface area contributed by atoms with Crippen LogP contribution in [0.25, 0.3) is 10.4 Å². The Kier molecular flexibility index (Phi) is 2.98. The van der Waals surface area contributed by atoms with E-state index in [4.69, 9.17) is 10.6 Å². The van der Waals surface area contributed by atoms with Gasteiger partial charge < -0.3 is 20.4 Å². The standard InChI is InChI=1S/C7H13N3O4/c1-7(6(14)9-10-8)3(2-11)4(12)5(7)13/h3-6,11-14H,2H2,1H3/t3?,4-,5?,6+,7-/m1/s1. The Balaban J connectivity index is 2.87. The molecule has 4 N–H and O–H groups in total. The van der Waals surface area contributed by atoms with Gasteiger partial charge in [0.1, 0.15) is 6.23 Å². The maximum atomic E-state index is 9.43. The number of aliphatic hydroxyl groups excluding tert-OH is 4. The van der Waals surface area contributed by atoms with Crippen LogP contribution in [0.1, 0.15) is 6.92 Å². The van der Waals surface area contributed by atoms with Crippen LogP contribution in [0.3, 0.4) is 0 Å². The molecule has 14 heavy (non-hydrogen) atoms. The van der Waals surface area contributed by atoms with Crippen molar-refractivity contribution in [2.24, 2.45) is 16.4 Å². The van der Waals surface area contributed by atoms with Gasteiger partial charge in [-0.25, -0.2) is 0 Å². The first-order valence-corrected chi connectivity index (χ1v) is 4.19. The van der Waals surface area contributed by atoms with Crippen LogP contribution in [0, 0.1) is 11.3 Å². The van der Waals surface area contributed by atoms with E-state index in [9.17, 15) is 15.3 Å². The molecule has 1 aliphatic rings. The van der Waals surface area contributed by atoms with E-state index in [0.29, 0.717) is 0 Å². The Hall–Kier alpha value is -0.850. The summed E-state index contributed by atoms with van der Waals surface area (Å²) in [7, 11) is 0. The van der Waals surface area contributed by atoms with Crippen LogP contribution in [-0.2, 0) is 0 Å². The molecule has 0 radical (unpaired) electrons. The molecule has 1 aliphatic carbocycles. The Morgan fingerprint density at radius 2 is 2.14 bits per heavy atom. The smallest absolute Gasteiger partial charge is 0.141 e. The first-order valence-electron chi connectivity index (χ1n) is 4.19. The minimum atomic E-state index is -1.46. The molecule has 1 saturated carbocycles. The zero-order valence-corrected chi connectivity index (χ0v) is 7.65. The summed E-state index contributed by atoms with van der Waals surface area (Å²) >= 11 is 0. The van der Waals surface area contributed by atoms with Crippen LogP contribution in [0.4, 0.5) is 0 Å². The Bertz CT molecular complexity index is 268. The second-order valence-electron chi connectivity index (χ2n) is 3.67. The van der Waals surface area contributed by atoms with Gasteiger partial charge in [0.2, 0.25) is 0 Å². The third kappa shape index (κ3) is 1.26. The minimum absolute atomic E-state index is 0.382. The molecule has 80 valence electrons. The third-order valence-electron chi connectivity index (χ3n) is 3.09. The van der Waals surface area contributed by atoms with E-state index in [-0.39, 0.29) is 6.61 Å². The lowest BCUT2D eigenvalue weighted by molar-refractivity contribution is -0.254. The maximum Gasteiger partial charge on any atom is 0.141 e. The summed E-state index contributed by atoms with van der Waals surface area (Å²) < 4.78 is 0. The van der Waals surface area contributed by atoms with Crippen LogP contribution in [-0.4, -0.2) is 45.5 Å². The molecule has 7 heteroatoms. The molecule has 0 heterocycles. The predicted molar refractivity (Wildman–Crippen MR) is 45.8 cm³/mol. The number of azide groups is 1. The first kappa shape index (κ1) is 11.2.